The van der Waals surface area contributed by atoms with Crippen molar-refractivity contribution in [2.75, 3.05) is 26.7 Å². The van der Waals surface area contributed by atoms with Gasteiger partial charge in [0.05, 0.1) is 32.2 Å². The van der Waals surface area contributed by atoms with E-state index in [1.54, 1.807) is 7.11 Å². The predicted octanol–water partition coefficient (Wildman–Crippen LogP) is -0.322. The molecule has 1 saturated carbocycles. The summed E-state index contributed by atoms with van der Waals surface area (Å²) < 4.78 is 5.11. The molecule has 1 aromatic rings. The zero-order chi connectivity index (χ0) is 17.8. The van der Waals surface area contributed by atoms with Gasteiger partial charge in [0.15, 0.2) is 0 Å². The molecule has 1 aromatic carbocycles. The molecule has 2 aliphatic rings. The maximum atomic E-state index is 12.3. The van der Waals surface area contributed by atoms with Gasteiger partial charge in [-0.15, -0.1) is 0 Å². The van der Waals surface area contributed by atoms with Gasteiger partial charge in [-0.1, -0.05) is 12.1 Å². The number of benzene rings is 1. The quantitative estimate of drug-likeness (QED) is 0.679. The molecule has 2 fully saturated rings. The second-order valence-electron chi connectivity index (χ2n) is 6.65. The smallest absolute Gasteiger partial charge is 0.234 e. The molecule has 2 amide bonds. The largest absolute Gasteiger partial charge is 0.497 e. The number of methoxy groups -OCH3 is 1. The first kappa shape index (κ1) is 17.7. The second kappa shape index (κ2) is 7.84. The van der Waals surface area contributed by atoms with E-state index in [0.717, 1.165) is 30.7 Å². The Morgan fingerprint density at radius 3 is 2.80 bits per heavy atom. The summed E-state index contributed by atoms with van der Waals surface area (Å²) in [6.45, 7) is 1.66. The number of hydrogen-bond acceptors (Lipinski definition) is 5. The average molecular weight is 347 g/mol. The Labute approximate surface area is 147 Å². The first-order chi connectivity index (χ1) is 12.1. The molecule has 1 saturated heterocycles. The lowest BCUT2D eigenvalue weighted by Crippen LogP contribution is -2.55. The van der Waals surface area contributed by atoms with Crippen molar-refractivity contribution in [3.8, 4) is 5.75 Å². The van der Waals surface area contributed by atoms with Gasteiger partial charge in [0.25, 0.3) is 0 Å². The summed E-state index contributed by atoms with van der Waals surface area (Å²) in [7, 11) is 1.60. The van der Waals surface area contributed by atoms with Crippen molar-refractivity contribution in [1.29, 1.82) is 0 Å². The van der Waals surface area contributed by atoms with Gasteiger partial charge in [0.2, 0.25) is 11.8 Å². The fourth-order valence-electron chi connectivity index (χ4n) is 3.64. The molecule has 3 N–H and O–H groups in total. The molecule has 0 unspecified atom stereocenters. The number of nitrogens with one attached hydrogen (secondary N) is 2. The highest BCUT2D eigenvalue weighted by molar-refractivity contribution is 5.79. The summed E-state index contributed by atoms with van der Waals surface area (Å²) in [5.41, 5.74) is 0.898. The van der Waals surface area contributed by atoms with Gasteiger partial charge in [0.1, 0.15) is 5.75 Å². The van der Waals surface area contributed by atoms with Gasteiger partial charge in [-0.2, -0.15) is 0 Å². The van der Waals surface area contributed by atoms with E-state index in [-0.39, 0.29) is 30.3 Å². The van der Waals surface area contributed by atoms with Gasteiger partial charge < -0.3 is 20.5 Å². The Hall–Kier alpha value is -2.12. The van der Waals surface area contributed by atoms with Crippen LogP contribution in [0, 0.1) is 0 Å². The molecule has 7 heteroatoms. The van der Waals surface area contributed by atoms with E-state index in [4.69, 9.17) is 4.74 Å². The second-order valence-corrected chi connectivity index (χ2v) is 6.65. The Bertz CT molecular complexity index is 619. The molecule has 7 nitrogen and oxygen atoms in total. The van der Waals surface area contributed by atoms with Crippen molar-refractivity contribution in [1.82, 2.24) is 15.5 Å². The predicted molar refractivity (Wildman–Crippen MR) is 92.2 cm³/mol. The number of amides is 2. The minimum absolute atomic E-state index is 0.00885. The molecule has 136 valence electrons. The molecular formula is C18H25N3O4. The molecule has 3 atom stereocenters. The number of aliphatic hydroxyl groups is 1. The third-order valence-corrected chi connectivity index (χ3v) is 4.99. The van der Waals surface area contributed by atoms with Gasteiger partial charge in [-0.25, -0.2) is 0 Å². The first-order valence-corrected chi connectivity index (χ1v) is 8.68. The molecule has 25 heavy (non-hydrogen) atoms. The third-order valence-electron chi connectivity index (χ3n) is 4.99. The summed E-state index contributed by atoms with van der Waals surface area (Å²) in [6.07, 6.45) is 1.12. The van der Waals surface area contributed by atoms with Crippen LogP contribution in [0.25, 0.3) is 0 Å². The number of aliphatic hydroxyl groups excluding tert-OH is 1. The van der Waals surface area contributed by atoms with Crippen LogP contribution in [-0.2, 0) is 16.0 Å². The molecule has 0 spiro atoms. The van der Waals surface area contributed by atoms with Crippen LogP contribution in [0.5, 0.6) is 5.75 Å². The molecule has 0 radical (unpaired) electrons. The van der Waals surface area contributed by atoms with Crippen molar-refractivity contribution < 1.29 is 19.4 Å². The molecular weight excluding hydrogens is 322 g/mol. The SMILES string of the molecule is COc1ccc(CC(=O)N[C@@H]2CC[C@@H](N3CCNC(=O)C3)[C@@H]2O)cc1. The topological polar surface area (TPSA) is 90.9 Å². The van der Waals surface area contributed by atoms with E-state index in [2.05, 4.69) is 10.6 Å². The van der Waals surface area contributed by atoms with Gasteiger partial charge >= 0.3 is 0 Å². The van der Waals surface area contributed by atoms with E-state index >= 15 is 0 Å². The van der Waals surface area contributed by atoms with Crippen LogP contribution in [0.3, 0.4) is 0 Å². The number of ether oxygens (including phenoxy) is 1. The number of carbonyl (C=O) groups excluding carboxylic acids is 2. The lowest BCUT2D eigenvalue weighted by molar-refractivity contribution is -0.126. The molecule has 0 bridgehead atoms. The summed E-state index contributed by atoms with van der Waals surface area (Å²) in [6, 6.07) is 7.03. The molecule has 3 rings (SSSR count). The van der Waals surface area contributed by atoms with Crippen molar-refractivity contribution in [3.05, 3.63) is 29.8 Å². The highest BCUT2D eigenvalue weighted by Crippen LogP contribution is 2.25. The van der Waals surface area contributed by atoms with E-state index in [1.807, 2.05) is 29.2 Å². The van der Waals surface area contributed by atoms with E-state index in [9.17, 15) is 14.7 Å². The van der Waals surface area contributed by atoms with Crippen molar-refractivity contribution >= 4 is 11.8 Å². The van der Waals surface area contributed by atoms with Crippen LogP contribution < -0.4 is 15.4 Å². The van der Waals surface area contributed by atoms with Crippen LogP contribution >= 0.6 is 0 Å². The van der Waals surface area contributed by atoms with Gasteiger partial charge in [-0.3, -0.25) is 14.5 Å². The van der Waals surface area contributed by atoms with E-state index in [0.29, 0.717) is 13.1 Å². The fourth-order valence-corrected chi connectivity index (χ4v) is 3.64. The Morgan fingerprint density at radius 2 is 2.12 bits per heavy atom. The van der Waals surface area contributed by atoms with Gasteiger partial charge in [-0.05, 0) is 30.5 Å². The maximum Gasteiger partial charge on any atom is 0.234 e. The van der Waals surface area contributed by atoms with Crippen LogP contribution in [0.4, 0.5) is 0 Å². The van der Waals surface area contributed by atoms with Crippen LogP contribution in [0.1, 0.15) is 18.4 Å². The molecule has 1 aliphatic heterocycles. The average Bonchev–Trinajstić information content (AvgIpc) is 2.96. The lowest BCUT2D eigenvalue weighted by atomic mass is 10.1. The first-order valence-electron chi connectivity index (χ1n) is 8.68. The minimum Gasteiger partial charge on any atom is -0.497 e. The van der Waals surface area contributed by atoms with Crippen LogP contribution in [0.2, 0.25) is 0 Å². The Morgan fingerprint density at radius 1 is 1.36 bits per heavy atom. The van der Waals surface area contributed by atoms with Crippen LogP contribution in [0.15, 0.2) is 24.3 Å². The minimum atomic E-state index is -0.647. The number of carbonyl (C=O) groups is 2. The number of rotatable bonds is 5. The molecule has 1 aliphatic carbocycles. The number of piperazine rings is 1. The zero-order valence-electron chi connectivity index (χ0n) is 14.4. The Balaban J connectivity index is 1.52. The van der Waals surface area contributed by atoms with Crippen LogP contribution in [-0.4, -0.2) is 66.8 Å². The highest BCUT2D eigenvalue weighted by Gasteiger charge is 2.40. The maximum absolute atomic E-state index is 12.3. The zero-order valence-corrected chi connectivity index (χ0v) is 14.4. The number of nitrogens with zero attached hydrogens (tertiary/aromatic N) is 1. The summed E-state index contributed by atoms with van der Waals surface area (Å²) in [5.74, 6) is 0.639. The van der Waals surface area contributed by atoms with E-state index < -0.39 is 6.10 Å². The molecule has 0 aromatic heterocycles. The monoisotopic (exact) mass is 347 g/mol. The third kappa shape index (κ3) is 4.29. The summed E-state index contributed by atoms with van der Waals surface area (Å²) >= 11 is 0. The van der Waals surface area contributed by atoms with Crippen molar-refractivity contribution in [2.24, 2.45) is 0 Å². The fraction of sp³-hybridized carbons (Fsp3) is 0.556. The van der Waals surface area contributed by atoms with Crippen molar-refractivity contribution in [3.63, 3.8) is 0 Å². The lowest BCUT2D eigenvalue weighted by Gasteiger charge is -2.34. The van der Waals surface area contributed by atoms with E-state index in [1.165, 1.54) is 0 Å². The normalized spacial score (nSPS) is 27.0. The summed E-state index contributed by atoms with van der Waals surface area (Å²) in [5, 5.41) is 16.3. The van der Waals surface area contributed by atoms with Crippen molar-refractivity contribution in [2.45, 2.75) is 37.5 Å². The highest BCUT2D eigenvalue weighted by atomic mass is 16.5. The molecule has 1 heterocycles. The Kier molecular flexibility index (Phi) is 5.55. The summed E-state index contributed by atoms with van der Waals surface area (Å²) in [4.78, 5) is 25.8. The number of hydrogen-bond donors (Lipinski definition) is 3. The standard InChI is InChI=1S/C18H25N3O4/c1-25-13-4-2-12(3-5-13)10-16(22)20-14-6-7-15(18(14)24)21-9-8-19-17(23)11-21/h2-5,14-15,18,24H,6-11H2,1H3,(H,19,23)(H,20,22)/t14-,15-,18-/m1/s1. The van der Waals surface area contributed by atoms with Gasteiger partial charge in [0, 0.05) is 19.1 Å².